The first-order valence-electron chi connectivity index (χ1n) is 14.2. The summed E-state index contributed by atoms with van der Waals surface area (Å²) in [5.41, 5.74) is 5.82. The van der Waals surface area contributed by atoms with Crippen molar-refractivity contribution >= 4 is 12.0 Å². The van der Waals surface area contributed by atoms with Crippen LogP contribution in [0.4, 0.5) is 0 Å². The Bertz CT molecular complexity index is 1480. The third-order valence-corrected chi connectivity index (χ3v) is 7.36. The summed E-state index contributed by atoms with van der Waals surface area (Å²) in [6.07, 6.45) is 4.69. The Morgan fingerprint density at radius 2 is 1.83 bits per heavy atom. The van der Waals surface area contributed by atoms with Gasteiger partial charge in [-0.2, -0.15) is 0 Å². The lowest BCUT2D eigenvalue weighted by Crippen LogP contribution is -2.25. The zero-order chi connectivity index (χ0) is 28.6. The Balaban J connectivity index is 1.50. The number of imidazole rings is 1. The van der Waals surface area contributed by atoms with Crippen LogP contribution in [0.5, 0.6) is 11.5 Å². The zero-order valence-electron chi connectivity index (χ0n) is 23.8. The predicted molar refractivity (Wildman–Crippen MR) is 161 cm³/mol. The fourth-order valence-electron chi connectivity index (χ4n) is 5.14. The minimum Gasteiger partial charge on any atom is -0.486 e. The third-order valence-electron chi connectivity index (χ3n) is 7.36. The molecule has 1 N–H and O–H groups in total. The van der Waals surface area contributed by atoms with Crippen molar-refractivity contribution in [2.24, 2.45) is 0 Å². The van der Waals surface area contributed by atoms with E-state index < -0.39 is 0 Å². The maximum absolute atomic E-state index is 11.9. The van der Waals surface area contributed by atoms with Crippen LogP contribution in [0, 0.1) is 0 Å². The number of unbranched alkanes of at least 4 members (excludes halogenated alkanes) is 1. The molecule has 7 heteroatoms. The Morgan fingerprint density at radius 3 is 2.54 bits per heavy atom. The first kappa shape index (κ1) is 28.2. The summed E-state index contributed by atoms with van der Waals surface area (Å²) in [6.45, 7) is 8.89. The van der Waals surface area contributed by atoms with Gasteiger partial charge < -0.3 is 24.1 Å². The highest BCUT2D eigenvalue weighted by molar-refractivity contribution is 5.89. The molecule has 1 aliphatic heterocycles. The largest absolute Gasteiger partial charge is 0.486 e. The Kier molecular flexibility index (Phi) is 9.16. The molecule has 2 heterocycles. The van der Waals surface area contributed by atoms with E-state index in [2.05, 4.69) is 47.7 Å². The number of nitrogens with zero attached hydrogens (tertiary/aromatic N) is 2. The Morgan fingerprint density at radius 1 is 1.07 bits per heavy atom. The zero-order valence-corrected chi connectivity index (χ0v) is 23.8. The molecule has 3 aromatic carbocycles. The van der Waals surface area contributed by atoms with Gasteiger partial charge in [-0.3, -0.25) is 0 Å². The van der Waals surface area contributed by atoms with Crippen LogP contribution in [0.15, 0.2) is 79.4 Å². The summed E-state index contributed by atoms with van der Waals surface area (Å²) in [7, 11) is 1.39. The smallest absolute Gasteiger partial charge is 0.337 e. The lowest BCUT2D eigenvalue weighted by molar-refractivity contribution is 0.0600. The van der Waals surface area contributed by atoms with Crippen molar-refractivity contribution in [2.75, 3.05) is 20.3 Å². The van der Waals surface area contributed by atoms with Gasteiger partial charge in [0.2, 0.25) is 0 Å². The van der Waals surface area contributed by atoms with Gasteiger partial charge in [0.25, 0.3) is 0 Å². The number of benzene rings is 3. The minimum atomic E-state index is -0.342. The molecule has 41 heavy (non-hydrogen) atoms. The van der Waals surface area contributed by atoms with Crippen LogP contribution in [0.3, 0.4) is 0 Å². The molecule has 1 aromatic heterocycles. The predicted octanol–water partition coefficient (Wildman–Crippen LogP) is 6.62. The van der Waals surface area contributed by atoms with Crippen LogP contribution in [0.2, 0.25) is 0 Å². The monoisotopic (exact) mass is 551 g/mol. The van der Waals surface area contributed by atoms with Crippen LogP contribution >= 0.6 is 0 Å². The van der Waals surface area contributed by atoms with Gasteiger partial charge in [0.1, 0.15) is 19.0 Å². The fourth-order valence-corrected chi connectivity index (χ4v) is 5.14. The van der Waals surface area contributed by atoms with E-state index in [-0.39, 0.29) is 12.0 Å². The van der Waals surface area contributed by atoms with Crippen molar-refractivity contribution in [1.29, 1.82) is 0 Å². The first-order chi connectivity index (χ1) is 20.1. The second kappa shape index (κ2) is 13.3. The van der Waals surface area contributed by atoms with Crippen molar-refractivity contribution in [3.8, 4) is 22.9 Å². The highest BCUT2D eigenvalue weighted by atomic mass is 16.6. The molecule has 212 valence electrons. The summed E-state index contributed by atoms with van der Waals surface area (Å²) >= 11 is 0. The second-order valence-electron chi connectivity index (χ2n) is 10.1. The molecule has 0 radical (unpaired) electrons. The molecule has 4 aromatic rings. The van der Waals surface area contributed by atoms with Crippen LogP contribution in [-0.4, -0.2) is 35.8 Å². The van der Waals surface area contributed by atoms with Gasteiger partial charge >= 0.3 is 5.97 Å². The maximum Gasteiger partial charge on any atom is 0.337 e. The normalized spacial score (nSPS) is 13.0. The molecule has 1 unspecified atom stereocenters. The highest BCUT2D eigenvalue weighted by Crippen LogP contribution is 2.35. The Hall–Kier alpha value is -4.36. The standard InChI is InChI=1S/C34H37N3O4/c1-4-6-18-37-30(28(5-2)36-33(37)25-10-8-7-9-11-25)22-29(27-16-17-31-32(21-27)41-20-19-40-31)35-23-24-12-14-26(15-13-24)34(38)39-3/h5,7-17,21,29,35H,2,4,6,18-20,22-23H2,1,3H3. The van der Waals surface area contributed by atoms with Gasteiger partial charge in [0.15, 0.2) is 11.5 Å². The number of aromatic nitrogens is 2. The van der Waals surface area contributed by atoms with E-state index >= 15 is 0 Å². The fraction of sp³-hybridized carbons (Fsp3) is 0.294. The SMILES string of the molecule is C=Cc1nc(-c2ccccc2)n(CCCC)c1CC(NCc1ccc(C(=O)OC)cc1)c1ccc2c(c1)OCCO2. The summed E-state index contributed by atoms with van der Waals surface area (Å²) in [4.78, 5) is 16.9. The molecule has 1 atom stereocenters. The average Bonchev–Trinajstić information content (AvgIpc) is 3.38. The summed E-state index contributed by atoms with van der Waals surface area (Å²) < 4.78 is 18.9. The number of nitrogens with one attached hydrogen (secondary N) is 1. The van der Waals surface area contributed by atoms with Crippen LogP contribution in [0.1, 0.15) is 58.7 Å². The molecule has 1 aliphatic rings. The van der Waals surface area contributed by atoms with Crippen molar-refractivity contribution in [1.82, 2.24) is 14.9 Å². The summed E-state index contributed by atoms with van der Waals surface area (Å²) in [5, 5.41) is 3.77. The number of hydrogen-bond donors (Lipinski definition) is 1. The number of ether oxygens (including phenoxy) is 3. The molecule has 0 saturated heterocycles. The lowest BCUT2D eigenvalue weighted by atomic mass is 9.99. The molecule has 0 amide bonds. The Labute approximate surface area is 241 Å². The number of esters is 1. The van der Waals surface area contributed by atoms with E-state index in [9.17, 15) is 4.79 Å². The minimum absolute atomic E-state index is 0.0505. The average molecular weight is 552 g/mol. The highest BCUT2D eigenvalue weighted by Gasteiger charge is 2.23. The molecule has 0 fully saturated rings. The van der Waals surface area contributed by atoms with Crippen molar-refractivity contribution in [3.05, 3.63) is 107 Å². The van der Waals surface area contributed by atoms with Gasteiger partial charge in [-0.15, -0.1) is 0 Å². The first-order valence-corrected chi connectivity index (χ1v) is 14.2. The molecule has 7 nitrogen and oxygen atoms in total. The maximum atomic E-state index is 11.9. The molecule has 0 bridgehead atoms. The number of hydrogen-bond acceptors (Lipinski definition) is 6. The molecule has 0 aliphatic carbocycles. The molecule has 0 saturated carbocycles. The van der Waals surface area contributed by atoms with Gasteiger partial charge in [-0.25, -0.2) is 9.78 Å². The number of carbonyl (C=O) groups excluding carboxylic acids is 1. The quantitative estimate of drug-likeness (QED) is 0.199. The summed E-state index contributed by atoms with van der Waals surface area (Å²) in [5.74, 6) is 2.15. The van der Waals surface area contributed by atoms with Crippen molar-refractivity contribution in [2.45, 2.75) is 45.3 Å². The van der Waals surface area contributed by atoms with Crippen molar-refractivity contribution in [3.63, 3.8) is 0 Å². The molecular formula is C34H37N3O4. The number of fused-ring (bicyclic) bond motifs is 1. The molecule has 0 spiro atoms. The van der Waals surface area contributed by atoms with Crippen molar-refractivity contribution < 1.29 is 19.0 Å². The summed E-state index contributed by atoms with van der Waals surface area (Å²) in [6, 6.07) is 23.9. The van der Waals surface area contributed by atoms with E-state index in [0.29, 0.717) is 31.7 Å². The lowest BCUT2D eigenvalue weighted by Gasteiger charge is -2.24. The van der Waals surface area contributed by atoms with E-state index in [1.807, 2.05) is 42.5 Å². The van der Waals surface area contributed by atoms with E-state index in [1.165, 1.54) is 7.11 Å². The number of carbonyl (C=O) groups is 1. The van der Waals surface area contributed by atoms with Gasteiger partial charge in [-0.05, 0) is 47.9 Å². The van der Waals surface area contributed by atoms with E-state index in [1.54, 1.807) is 12.1 Å². The van der Waals surface area contributed by atoms with E-state index in [4.69, 9.17) is 19.2 Å². The van der Waals surface area contributed by atoms with Gasteiger partial charge in [-0.1, -0.05) is 68.5 Å². The number of rotatable bonds is 12. The topological polar surface area (TPSA) is 74.6 Å². The van der Waals surface area contributed by atoms with Gasteiger partial charge in [0, 0.05) is 36.8 Å². The number of methoxy groups -OCH3 is 1. The molecule has 5 rings (SSSR count). The van der Waals surface area contributed by atoms with Crippen LogP contribution < -0.4 is 14.8 Å². The van der Waals surface area contributed by atoms with Crippen LogP contribution in [-0.2, 0) is 24.2 Å². The third kappa shape index (κ3) is 6.52. The molecular weight excluding hydrogens is 514 g/mol. The van der Waals surface area contributed by atoms with Gasteiger partial charge in [0.05, 0.1) is 18.4 Å². The van der Waals surface area contributed by atoms with Crippen LogP contribution in [0.25, 0.3) is 17.5 Å². The van der Waals surface area contributed by atoms with E-state index in [0.717, 1.165) is 64.8 Å². The second-order valence-corrected chi connectivity index (χ2v) is 10.1.